The molecule has 0 spiro atoms. The second-order valence-electron chi connectivity index (χ2n) is 6.96. The first-order valence-corrected chi connectivity index (χ1v) is 10.3. The van der Waals surface area contributed by atoms with Crippen molar-refractivity contribution in [3.05, 3.63) is 82.4 Å². The fourth-order valence-corrected chi connectivity index (χ4v) is 3.98. The smallest absolute Gasteiger partial charge is 0.341 e. The van der Waals surface area contributed by atoms with E-state index in [4.69, 9.17) is 42.1 Å². The summed E-state index contributed by atoms with van der Waals surface area (Å²) in [5.74, 6) is -1.20. The number of carbonyl (C=O) groups is 1. The molecule has 9 heteroatoms. The lowest BCUT2D eigenvalue weighted by Gasteiger charge is -2.30. The number of para-hydroxylation sites is 1. The SMILES string of the molecule is COC(=O)c1ccccc1OCC1COC(Cn2ccnc2)(c2ccc(Cl)cc2Cl)O1. The van der Waals surface area contributed by atoms with Crippen molar-refractivity contribution in [2.45, 2.75) is 18.4 Å². The summed E-state index contributed by atoms with van der Waals surface area (Å²) < 4.78 is 25.0. The normalized spacial score (nSPS) is 20.5. The molecule has 0 radical (unpaired) electrons. The van der Waals surface area contributed by atoms with Gasteiger partial charge in [0.15, 0.2) is 0 Å². The number of rotatable bonds is 7. The predicted octanol–water partition coefficient (Wildman–Crippen LogP) is 4.32. The Bertz CT molecular complexity index is 1060. The number of nitrogens with zero attached hydrogens (tertiary/aromatic N) is 2. The van der Waals surface area contributed by atoms with Crippen LogP contribution in [0.25, 0.3) is 0 Å². The molecule has 31 heavy (non-hydrogen) atoms. The van der Waals surface area contributed by atoms with Crippen LogP contribution in [0.5, 0.6) is 5.75 Å². The van der Waals surface area contributed by atoms with Crippen molar-refractivity contribution in [2.24, 2.45) is 0 Å². The molecule has 2 unspecified atom stereocenters. The molecular weight excluding hydrogens is 443 g/mol. The van der Waals surface area contributed by atoms with Crippen LogP contribution >= 0.6 is 23.2 Å². The quantitative estimate of drug-likeness (QED) is 0.486. The van der Waals surface area contributed by atoms with Gasteiger partial charge in [-0.2, -0.15) is 0 Å². The second kappa shape index (κ2) is 9.28. The van der Waals surface area contributed by atoms with Crippen molar-refractivity contribution in [1.29, 1.82) is 0 Å². The zero-order chi connectivity index (χ0) is 21.8. The third kappa shape index (κ3) is 4.70. The Morgan fingerprint density at radius 1 is 1.29 bits per heavy atom. The van der Waals surface area contributed by atoms with Gasteiger partial charge in [0, 0.05) is 23.0 Å². The first kappa shape index (κ1) is 21.6. The number of hydrogen-bond acceptors (Lipinski definition) is 6. The minimum absolute atomic E-state index is 0.172. The van der Waals surface area contributed by atoms with E-state index in [1.54, 1.807) is 55.0 Å². The van der Waals surface area contributed by atoms with Gasteiger partial charge in [0.1, 0.15) is 24.0 Å². The highest BCUT2D eigenvalue weighted by molar-refractivity contribution is 6.35. The Labute approximate surface area is 189 Å². The van der Waals surface area contributed by atoms with Gasteiger partial charge >= 0.3 is 5.97 Å². The van der Waals surface area contributed by atoms with Crippen LogP contribution in [-0.2, 0) is 26.5 Å². The molecule has 3 aromatic rings. The molecule has 0 aliphatic carbocycles. The molecule has 2 heterocycles. The lowest BCUT2D eigenvalue weighted by atomic mass is 10.1. The van der Waals surface area contributed by atoms with Gasteiger partial charge in [-0.3, -0.25) is 0 Å². The molecule has 1 aliphatic rings. The zero-order valence-corrected chi connectivity index (χ0v) is 18.2. The molecule has 7 nitrogen and oxygen atoms in total. The number of ether oxygens (including phenoxy) is 4. The maximum absolute atomic E-state index is 12.0. The van der Waals surface area contributed by atoms with E-state index in [1.807, 2.05) is 10.8 Å². The summed E-state index contributed by atoms with van der Waals surface area (Å²) in [7, 11) is 1.33. The fraction of sp³-hybridized carbons (Fsp3) is 0.273. The van der Waals surface area contributed by atoms with Crippen LogP contribution in [0.2, 0.25) is 10.0 Å². The molecule has 4 rings (SSSR count). The van der Waals surface area contributed by atoms with Gasteiger partial charge < -0.3 is 23.5 Å². The molecule has 1 aromatic heterocycles. The average Bonchev–Trinajstić information content (AvgIpc) is 3.42. The number of carbonyl (C=O) groups excluding carboxylic acids is 1. The Morgan fingerprint density at radius 3 is 2.87 bits per heavy atom. The van der Waals surface area contributed by atoms with Crippen LogP contribution < -0.4 is 4.74 Å². The number of esters is 1. The standard InChI is InChI=1S/C22H20Cl2N2O5/c1-28-21(27)17-4-2-3-5-20(17)29-11-16-12-30-22(31-16,13-26-9-8-25-14-26)18-7-6-15(23)10-19(18)24/h2-10,14,16H,11-13H2,1H3. The zero-order valence-electron chi connectivity index (χ0n) is 16.7. The summed E-state index contributed by atoms with van der Waals surface area (Å²) in [4.78, 5) is 16.1. The molecule has 2 atom stereocenters. The highest BCUT2D eigenvalue weighted by Crippen LogP contribution is 2.40. The molecule has 0 N–H and O–H groups in total. The Kier molecular flexibility index (Phi) is 6.48. The lowest BCUT2D eigenvalue weighted by Crippen LogP contribution is -2.34. The van der Waals surface area contributed by atoms with Gasteiger partial charge in [-0.05, 0) is 24.3 Å². The summed E-state index contributed by atoms with van der Waals surface area (Å²) in [6, 6.07) is 12.1. The van der Waals surface area contributed by atoms with Crippen LogP contribution in [0.3, 0.4) is 0 Å². The molecule has 2 aromatic carbocycles. The Balaban J connectivity index is 1.55. The molecular formula is C22H20Cl2N2O5. The minimum Gasteiger partial charge on any atom is -0.490 e. The predicted molar refractivity (Wildman–Crippen MR) is 114 cm³/mol. The van der Waals surface area contributed by atoms with Crippen LogP contribution in [-0.4, -0.2) is 41.9 Å². The van der Waals surface area contributed by atoms with Gasteiger partial charge in [-0.1, -0.05) is 41.4 Å². The van der Waals surface area contributed by atoms with Crippen molar-refractivity contribution in [3.8, 4) is 5.75 Å². The maximum atomic E-state index is 12.0. The van der Waals surface area contributed by atoms with Crippen LogP contribution in [0.1, 0.15) is 15.9 Å². The van der Waals surface area contributed by atoms with Gasteiger partial charge in [0.25, 0.3) is 0 Å². The second-order valence-corrected chi connectivity index (χ2v) is 7.81. The third-order valence-corrected chi connectivity index (χ3v) is 5.42. The largest absolute Gasteiger partial charge is 0.490 e. The van der Waals surface area contributed by atoms with Gasteiger partial charge in [-0.15, -0.1) is 0 Å². The highest BCUT2D eigenvalue weighted by Gasteiger charge is 2.45. The van der Waals surface area contributed by atoms with Crippen molar-refractivity contribution in [3.63, 3.8) is 0 Å². The Hall–Kier alpha value is -2.58. The average molecular weight is 463 g/mol. The molecule has 0 bridgehead atoms. The summed E-state index contributed by atoms with van der Waals surface area (Å²) in [6.45, 7) is 0.780. The molecule has 1 aliphatic heterocycles. The molecule has 1 fully saturated rings. The summed E-state index contributed by atoms with van der Waals surface area (Å²) in [5, 5.41) is 0.953. The minimum atomic E-state index is -1.14. The molecule has 0 amide bonds. The van der Waals surface area contributed by atoms with Crippen molar-refractivity contribution in [1.82, 2.24) is 9.55 Å². The van der Waals surface area contributed by atoms with E-state index in [0.29, 0.717) is 33.5 Å². The van der Waals surface area contributed by atoms with E-state index < -0.39 is 17.9 Å². The monoisotopic (exact) mass is 462 g/mol. The summed E-state index contributed by atoms with van der Waals surface area (Å²) >= 11 is 12.6. The summed E-state index contributed by atoms with van der Waals surface area (Å²) in [6.07, 6.45) is 4.76. The van der Waals surface area contributed by atoms with E-state index in [9.17, 15) is 4.79 Å². The van der Waals surface area contributed by atoms with E-state index in [2.05, 4.69) is 4.98 Å². The van der Waals surface area contributed by atoms with Crippen molar-refractivity contribution in [2.75, 3.05) is 20.3 Å². The van der Waals surface area contributed by atoms with Gasteiger partial charge in [-0.25, -0.2) is 9.78 Å². The molecule has 1 saturated heterocycles. The van der Waals surface area contributed by atoms with Crippen LogP contribution in [0.15, 0.2) is 61.2 Å². The van der Waals surface area contributed by atoms with E-state index in [0.717, 1.165) is 0 Å². The van der Waals surface area contributed by atoms with Crippen LogP contribution in [0.4, 0.5) is 0 Å². The van der Waals surface area contributed by atoms with Gasteiger partial charge in [0.2, 0.25) is 5.79 Å². The summed E-state index contributed by atoms with van der Waals surface area (Å²) in [5.41, 5.74) is 0.999. The third-order valence-electron chi connectivity index (χ3n) is 4.87. The van der Waals surface area contributed by atoms with E-state index in [-0.39, 0.29) is 13.2 Å². The van der Waals surface area contributed by atoms with E-state index in [1.165, 1.54) is 7.11 Å². The van der Waals surface area contributed by atoms with Crippen molar-refractivity contribution < 1.29 is 23.7 Å². The van der Waals surface area contributed by atoms with Crippen molar-refractivity contribution >= 4 is 29.2 Å². The first-order valence-electron chi connectivity index (χ1n) is 9.54. The number of hydrogen-bond donors (Lipinski definition) is 0. The fourth-order valence-electron chi connectivity index (χ4n) is 3.43. The Morgan fingerprint density at radius 2 is 2.13 bits per heavy atom. The molecule has 0 saturated carbocycles. The van der Waals surface area contributed by atoms with E-state index >= 15 is 0 Å². The van der Waals surface area contributed by atoms with Gasteiger partial charge in [0.05, 0.1) is 31.6 Å². The van der Waals surface area contributed by atoms with Crippen LogP contribution in [0, 0.1) is 0 Å². The lowest BCUT2D eigenvalue weighted by molar-refractivity contribution is -0.189. The molecule has 162 valence electrons. The maximum Gasteiger partial charge on any atom is 0.341 e. The number of imidazole rings is 1. The number of halogens is 2. The number of benzene rings is 2. The number of methoxy groups -OCH3 is 1. The highest BCUT2D eigenvalue weighted by atomic mass is 35.5. The topological polar surface area (TPSA) is 71.8 Å². The first-order chi connectivity index (χ1) is 15.0. The number of aromatic nitrogens is 2.